The number of piperidine rings is 1. The number of nitrogens with one attached hydrogen (secondary N) is 1. The predicted octanol–water partition coefficient (Wildman–Crippen LogP) is 1.60. The van der Waals surface area contributed by atoms with Gasteiger partial charge in [-0.1, -0.05) is 26.0 Å². The average Bonchev–Trinajstić information content (AvgIpc) is 2.57. The Labute approximate surface area is 146 Å². The number of esters is 1. The van der Waals surface area contributed by atoms with E-state index in [0.29, 0.717) is 24.9 Å². The second-order valence-electron chi connectivity index (χ2n) is 6.57. The summed E-state index contributed by atoms with van der Waals surface area (Å²) in [5.74, 6) is -1.52. The van der Waals surface area contributed by atoms with Gasteiger partial charge in [-0.25, -0.2) is 4.39 Å². The van der Waals surface area contributed by atoms with Gasteiger partial charge in [-0.2, -0.15) is 0 Å². The minimum Gasteiger partial charge on any atom is -0.454 e. The topological polar surface area (TPSA) is 75.7 Å². The summed E-state index contributed by atoms with van der Waals surface area (Å²) < 4.78 is 18.4. The zero-order valence-corrected chi connectivity index (χ0v) is 14.5. The van der Waals surface area contributed by atoms with E-state index < -0.39 is 24.2 Å². The molecule has 7 heteroatoms. The van der Waals surface area contributed by atoms with Crippen molar-refractivity contribution < 1.29 is 23.5 Å². The molecule has 136 valence electrons. The lowest BCUT2D eigenvalue weighted by molar-refractivity contribution is -0.152. The van der Waals surface area contributed by atoms with Gasteiger partial charge in [-0.15, -0.1) is 0 Å². The van der Waals surface area contributed by atoms with Crippen LogP contribution in [0.2, 0.25) is 0 Å². The van der Waals surface area contributed by atoms with Crippen molar-refractivity contribution in [2.75, 3.05) is 26.2 Å². The van der Waals surface area contributed by atoms with Gasteiger partial charge in [0.1, 0.15) is 12.4 Å². The van der Waals surface area contributed by atoms with Gasteiger partial charge in [-0.05, 0) is 30.4 Å². The molecule has 1 N–H and O–H groups in total. The van der Waals surface area contributed by atoms with Gasteiger partial charge in [0.2, 0.25) is 0 Å². The molecule has 1 aromatic carbocycles. The quantitative estimate of drug-likeness (QED) is 0.819. The maximum Gasteiger partial charge on any atom is 0.325 e. The molecule has 0 aromatic heterocycles. The predicted molar refractivity (Wildman–Crippen MR) is 89.2 cm³/mol. The minimum atomic E-state index is -0.740. The van der Waals surface area contributed by atoms with Crippen molar-refractivity contribution in [2.24, 2.45) is 11.8 Å². The largest absolute Gasteiger partial charge is 0.454 e. The summed E-state index contributed by atoms with van der Waals surface area (Å²) in [6.07, 6.45) is 1.08. The van der Waals surface area contributed by atoms with Gasteiger partial charge < -0.3 is 15.0 Å². The van der Waals surface area contributed by atoms with E-state index in [1.165, 1.54) is 18.2 Å². The molecule has 2 rings (SSSR count). The van der Waals surface area contributed by atoms with Crippen molar-refractivity contribution in [1.82, 2.24) is 10.2 Å². The number of ether oxygens (including phenoxy) is 1. The molecule has 1 aliphatic rings. The van der Waals surface area contributed by atoms with Crippen LogP contribution in [-0.2, 0) is 14.3 Å². The molecule has 0 saturated carbocycles. The number of hydrogen-bond acceptors (Lipinski definition) is 4. The van der Waals surface area contributed by atoms with Crippen LogP contribution in [0.25, 0.3) is 0 Å². The molecule has 25 heavy (non-hydrogen) atoms. The van der Waals surface area contributed by atoms with Crippen LogP contribution in [0.3, 0.4) is 0 Å². The number of halogens is 1. The first-order valence-corrected chi connectivity index (χ1v) is 8.33. The van der Waals surface area contributed by atoms with Gasteiger partial charge in [0.05, 0.1) is 5.56 Å². The Morgan fingerprint density at radius 1 is 1.20 bits per heavy atom. The number of carbonyl (C=O) groups is 3. The van der Waals surface area contributed by atoms with E-state index in [-0.39, 0.29) is 18.1 Å². The number of carbonyl (C=O) groups excluding carboxylic acids is 3. The molecule has 0 aliphatic carbocycles. The molecule has 1 heterocycles. The van der Waals surface area contributed by atoms with Gasteiger partial charge in [0, 0.05) is 13.1 Å². The third kappa shape index (κ3) is 5.55. The summed E-state index contributed by atoms with van der Waals surface area (Å²) in [7, 11) is 0. The molecule has 0 spiro atoms. The van der Waals surface area contributed by atoms with E-state index >= 15 is 0 Å². The van der Waals surface area contributed by atoms with Gasteiger partial charge in [-0.3, -0.25) is 14.4 Å². The first-order chi connectivity index (χ1) is 11.9. The molecular formula is C18H23FN2O4. The van der Waals surface area contributed by atoms with Crippen molar-refractivity contribution >= 4 is 17.8 Å². The van der Waals surface area contributed by atoms with E-state index in [9.17, 15) is 18.8 Å². The first kappa shape index (κ1) is 18.9. The molecule has 2 amide bonds. The fourth-order valence-electron chi connectivity index (χ4n) is 3.04. The molecule has 6 nitrogen and oxygen atoms in total. The monoisotopic (exact) mass is 350 g/mol. The SMILES string of the molecule is C[C@@H]1C[C@H](C)CN(C(=O)COC(=O)CNC(=O)c2ccccc2F)C1. The molecule has 1 aromatic rings. The molecule has 1 saturated heterocycles. The summed E-state index contributed by atoms with van der Waals surface area (Å²) in [5, 5.41) is 2.28. The van der Waals surface area contributed by atoms with Crippen molar-refractivity contribution in [3.63, 3.8) is 0 Å². The van der Waals surface area contributed by atoms with Crippen LogP contribution in [0.15, 0.2) is 24.3 Å². The average molecular weight is 350 g/mol. The molecule has 0 bridgehead atoms. The van der Waals surface area contributed by atoms with Crippen LogP contribution >= 0.6 is 0 Å². The molecule has 0 unspecified atom stereocenters. The lowest BCUT2D eigenvalue weighted by Crippen LogP contribution is -2.44. The summed E-state index contributed by atoms with van der Waals surface area (Å²) in [4.78, 5) is 37.3. The van der Waals surface area contributed by atoms with Crippen LogP contribution in [0.5, 0.6) is 0 Å². The second kappa shape index (κ2) is 8.60. The zero-order valence-electron chi connectivity index (χ0n) is 14.5. The third-order valence-corrected chi connectivity index (χ3v) is 4.09. The number of hydrogen-bond donors (Lipinski definition) is 1. The number of rotatable bonds is 5. The lowest BCUT2D eigenvalue weighted by atomic mass is 9.92. The van der Waals surface area contributed by atoms with Gasteiger partial charge in [0.25, 0.3) is 11.8 Å². The summed E-state index contributed by atoms with van der Waals surface area (Å²) >= 11 is 0. The molecule has 1 aliphatic heterocycles. The molecular weight excluding hydrogens is 327 g/mol. The van der Waals surface area contributed by atoms with Crippen LogP contribution in [0.4, 0.5) is 4.39 Å². The summed E-state index contributed by atoms with van der Waals surface area (Å²) in [5.41, 5.74) is -0.150. The Morgan fingerprint density at radius 3 is 2.48 bits per heavy atom. The number of likely N-dealkylation sites (tertiary alicyclic amines) is 1. The summed E-state index contributed by atoms with van der Waals surface area (Å²) in [6, 6.07) is 5.47. The van der Waals surface area contributed by atoms with E-state index in [4.69, 9.17) is 4.74 Å². The van der Waals surface area contributed by atoms with Gasteiger partial charge in [0.15, 0.2) is 6.61 Å². The minimum absolute atomic E-state index is 0.150. The molecule has 0 radical (unpaired) electrons. The van der Waals surface area contributed by atoms with E-state index in [1.54, 1.807) is 4.90 Å². The molecule has 2 atom stereocenters. The Kier molecular flexibility index (Phi) is 6.50. The first-order valence-electron chi connectivity index (χ1n) is 8.33. The highest BCUT2D eigenvalue weighted by atomic mass is 19.1. The zero-order chi connectivity index (χ0) is 18.4. The van der Waals surface area contributed by atoms with Crippen molar-refractivity contribution in [3.05, 3.63) is 35.6 Å². The maximum absolute atomic E-state index is 13.5. The fraction of sp³-hybridized carbons (Fsp3) is 0.500. The Balaban J connectivity index is 1.74. The van der Waals surface area contributed by atoms with Crippen LogP contribution in [0.1, 0.15) is 30.6 Å². The summed E-state index contributed by atoms with van der Waals surface area (Å²) in [6.45, 7) is 4.71. The van der Waals surface area contributed by atoms with Crippen molar-refractivity contribution in [3.8, 4) is 0 Å². The third-order valence-electron chi connectivity index (χ3n) is 4.09. The number of amides is 2. The Bertz CT molecular complexity index is 640. The smallest absolute Gasteiger partial charge is 0.325 e. The Morgan fingerprint density at radius 2 is 1.84 bits per heavy atom. The highest BCUT2D eigenvalue weighted by molar-refractivity contribution is 5.96. The lowest BCUT2D eigenvalue weighted by Gasteiger charge is -2.34. The fourth-order valence-corrected chi connectivity index (χ4v) is 3.04. The highest BCUT2D eigenvalue weighted by Crippen LogP contribution is 2.20. The number of nitrogens with zero attached hydrogens (tertiary/aromatic N) is 1. The highest BCUT2D eigenvalue weighted by Gasteiger charge is 2.26. The van der Waals surface area contributed by atoms with Crippen LogP contribution in [0, 0.1) is 17.7 Å². The van der Waals surface area contributed by atoms with E-state index in [0.717, 1.165) is 12.5 Å². The standard InChI is InChI=1S/C18H23FN2O4/c1-12-7-13(2)10-21(9-12)16(22)11-25-17(23)8-20-18(24)14-5-3-4-6-15(14)19/h3-6,12-13H,7-11H2,1-2H3,(H,20,24)/t12-,13+. The van der Waals surface area contributed by atoms with Crippen LogP contribution in [-0.4, -0.2) is 48.9 Å². The van der Waals surface area contributed by atoms with E-state index in [1.807, 2.05) is 0 Å². The normalized spacial score (nSPS) is 20.0. The van der Waals surface area contributed by atoms with Crippen molar-refractivity contribution in [2.45, 2.75) is 20.3 Å². The van der Waals surface area contributed by atoms with Crippen molar-refractivity contribution in [1.29, 1.82) is 0 Å². The molecule has 1 fully saturated rings. The maximum atomic E-state index is 13.5. The number of benzene rings is 1. The second-order valence-corrected chi connectivity index (χ2v) is 6.57. The van der Waals surface area contributed by atoms with Gasteiger partial charge >= 0.3 is 5.97 Å². The Hall–Kier alpha value is -2.44. The van der Waals surface area contributed by atoms with Crippen LogP contribution < -0.4 is 5.32 Å². The van der Waals surface area contributed by atoms with E-state index in [2.05, 4.69) is 19.2 Å².